The molecule has 0 aromatic rings. The molecule has 3 unspecified atom stereocenters. The molecule has 94 valence electrons. The summed E-state index contributed by atoms with van der Waals surface area (Å²) in [5.74, 6) is 1.87. The van der Waals surface area contributed by atoms with Crippen LogP contribution < -0.4 is 5.32 Å². The minimum atomic E-state index is 0.665. The quantitative estimate of drug-likeness (QED) is 0.715. The molecule has 1 heteroatoms. The molecule has 0 saturated heterocycles. The van der Waals surface area contributed by atoms with Gasteiger partial charge in [-0.2, -0.15) is 0 Å². The molecule has 2 fully saturated rings. The van der Waals surface area contributed by atoms with Gasteiger partial charge in [0.25, 0.3) is 0 Å². The maximum Gasteiger partial charge on any atom is 0.0336 e. The third-order valence-corrected chi connectivity index (χ3v) is 4.44. The molecule has 0 aromatic carbocycles. The van der Waals surface area contributed by atoms with E-state index in [0.717, 1.165) is 17.5 Å². The van der Waals surface area contributed by atoms with Gasteiger partial charge in [-0.3, -0.25) is 0 Å². The van der Waals surface area contributed by atoms with Crippen LogP contribution in [-0.2, 0) is 0 Å². The van der Waals surface area contributed by atoms with E-state index < -0.39 is 0 Å². The molecule has 1 nitrogen and oxygen atoms in total. The van der Waals surface area contributed by atoms with Crippen molar-refractivity contribution in [3.8, 4) is 0 Å². The van der Waals surface area contributed by atoms with E-state index in [9.17, 15) is 0 Å². The van der Waals surface area contributed by atoms with Crippen LogP contribution in [0.15, 0.2) is 37.1 Å². The lowest BCUT2D eigenvalue weighted by Gasteiger charge is -2.42. The van der Waals surface area contributed by atoms with Gasteiger partial charge in [-0.25, -0.2) is 0 Å². The van der Waals surface area contributed by atoms with E-state index in [1.807, 2.05) is 18.2 Å². The van der Waals surface area contributed by atoms with Crippen molar-refractivity contribution < 1.29 is 0 Å². The average Bonchev–Trinajstić information content (AvgIpc) is 2.38. The first kappa shape index (κ1) is 12.5. The second kappa shape index (κ2) is 6.09. The van der Waals surface area contributed by atoms with Crippen LogP contribution in [0.2, 0.25) is 0 Å². The van der Waals surface area contributed by atoms with Crippen molar-refractivity contribution in [2.75, 3.05) is 0 Å². The molecule has 0 aromatic heterocycles. The van der Waals surface area contributed by atoms with Crippen molar-refractivity contribution in [1.29, 1.82) is 0 Å². The number of fused-ring (bicyclic) bond motifs is 1. The smallest absolute Gasteiger partial charge is 0.0336 e. The van der Waals surface area contributed by atoms with Gasteiger partial charge in [-0.1, -0.05) is 51.3 Å². The van der Waals surface area contributed by atoms with Gasteiger partial charge >= 0.3 is 0 Å². The van der Waals surface area contributed by atoms with Crippen LogP contribution in [-0.4, -0.2) is 6.04 Å². The zero-order valence-corrected chi connectivity index (χ0v) is 10.8. The van der Waals surface area contributed by atoms with Crippen molar-refractivity contribution in [3.05, 3.63) is 37.1 Å². The normalized spacial score (nSPS) is 33.6. The Balaban J connectivity index is 2.01. The molecule has 0 heterocycles. The molecule has 3 atom stereocenters. The Bertz CT molecular complexity index is 301. The Morgan fingerprint density at radius 1 is 1.00 bits per heavy atom. The van der Waals surface area contributed by atoms with E-state index in [1.165, 1.54) is 44.9 Å². The predicted molar refractivity (Wildman–Crippen MR) is 74.7 cm³/mol. The highest BCUT2D eigenvalue weighted by atomic mass is 14.9. The first-order chi connectivity index (χ1) is 8.35. The van der Waals surface area contributed by atoms with Gasteiger partial charge < -0.3 is 5.32 Å². The summed E-state index contributed by atoms with van der Waals surface area (Å²) < 4.78 is 0. The van der Waals surface area contributed by atoms with Crippen LogP contribution >= 0.6 is 0 Å². The second-order valence-electron chi connectivity index (χ2n) is 5.45. The maximum absolute atomic E-state index is 3.87. The minimum absolute atomic E-state index is 0.665. The summed E-state index contributed by atoms with van der Waals surface area (Å²) in [7, 11) is 0. The molecular weight excluding hydrogens is 206 g/mol. The summed E-state index contributed by atoms with van der Waals surface area (Å²) in [6.45, 7) is 7.63. The van der Waals surface area contributed by atoms with Gasteiger partial charge in [0.05, 0.1) is 0 Å². The van der Waals surface area contributed by atoms with E-state index in [0.29, 0.717) is 6.04 Å². The number of rotatable bonds is 4. The van der Waals surface area contributed by atoms with Crippen molar-refractivity contribution in [2.24, 2.45) is 11.8 Å². The highest BCUT2D eigenvalue weighted by molar-refractivity contribution is 5.20. The van der Waals surface area contributed by atoms with Gasteiger partial charge in [0.15, 0.2) is 0 Å². The summed E-state index contributed by atoms with van der Waals surface area (Å²) in [6.07, 6.45) is 15.7. The van der Waals surface area contributed by atoms with Crippen molar-refractivity contribution >= 4 is 0 Å². The summed E-state index contributed by atoms with van der Waals surface area (Å²) in [6, 6.07) is 0.665. The molecule has 0 bridgehead atoms. The Morgan fingerprint density at radius 2 is 1.76 bits per heavy atom. The molecule has 0 radical (unpaired) electrons. The molecular formula is C16H25N. The van der Waals surface area contributed by atoms with Gasteiger partial charge in [0.2, 0.25) is 0 Å². The third-order valence-electron chi connectivity index (χ3n) is 4.44. The summed E-state index contributed by atoms with van der Waals surface area (Å²) >= 11 is 0. The predicted octanol–water partition coefficient (Wildman–Crippen LogP) is 4.19. The zero-order chi connectivity index (χ0) is 12.1. The molecule has 0 spiro atoms. The first-order valence-electron chi connectivity index (χ1n) is 7.07. The molecule has 2 aliphatic carbocycles. The first-order valence-corrected chi connectivity index (χ1v) is 7.07. The standard InChI is InChI=1S/C16H25N/c1-3-8-14(4-2)17-16-12-7-10-13-9-5-6-11-15(13)16/h3-4,8,13,15-17H,1-2,5-7,9-12H2/b14-8+. The van der Waals surface area contributed by atoms with Crippen LogP contribution in [0.4, 0.5) is 0 Å². The van der Waals surface area contributed by atoms with Gasteiger partial charge in [-0.15, -0.1) is 0 Å². The topological polar surface area (TPSA) is 12.0 Å². The Hall–Kier alpha value is -0.980. The van der Waals surface area contributed by atoms with Crippen LogP contribution in [0.5, 0.6) is 0 Å². The third kappa shape index (κ3) is 3.02. The van der Waals surface area contributed by atoms with E-state index >= 15 is 0 Å². The number of hydrogen-bond acceptors (Lipinski definition) is 1. The van der Waals surface area contributed by atoms with Gasteiger partial charge in [-0.05, 0) is 36.8 Å². The van der Waals surface area contributed by atoms with Crippen molar-refractivity contribution in [3.63, 3.8) is 0 Å². The maximum atomic E-state index is 3.87. The Labute approximate surface area is 106 Å². The van der Waals surface area contributed by atoms with E-state index in [2.05, 4.69) is 18.5 Å². The molecule has 17 heavy (non-hydrogen) atoms. The number of allylic oxidation sites excluding steroid dienone is 3. The summed E-state index contributed by atoms with van der Waals surface area (Å²) in [5, 5.41) is 3.68. The lowest BCUT2D eigenvalue weighted by Crippen LogP contribution is -2.43. The average molecular weight is 231 g/mol. The fraction of sp³-hybridized carbons (Fsp3) is 0.625. The van der Waals surface area contributed by atoms with Gasteiger partial charge in [0.1, 0.15) is 0 Å². The van der Waals surface area contributed by atoms with E-state index in [4.69, 9.17) is 0 Å². The number of hydrogen-bond donors (Lipinski definition) is 1. The molecule has 0 amide bonds. The highest BCUT2D eigenvalue weighted by Crippen LogP contribution is 2.40. The largest absolute Gasteiger partial charge is 0.382 e. The lowest BCUT2D eigenvalue weighted by molar-refractivity contribution is 0.132. The van der Waals surface area contributed by atoms with E-state index in [-0.39, 0.29) is 0 Å². The molecule has 2 aliphatic rings. The van der Waals surface area contributed by atoms with Gasteiger partial charge in [0, 0.05) is 11.7 Å². The summed E-state index contributed by atoms with van der Waals surface area (Å²) in [5.41, 5.74) is 1.14. The second-order valence-corrected chi connectivity index (χ2v) is 5.45. The van der Waals surface area contributed by atoms with Crippen LogP contribution in [0.3, 0.4) is 0 Å². The monoisotopic (exact) mass is 231 g/mol. The van der Waals surface area contributed by atoms with Crippen molar-refractivity contribution in [2.45, 2.75) is 51.0 Å². The zero-order valence-electron chi connectivity index (χ0n) is 10.8. The minimum Gasteiger partial charge on any atom is -0.382 e. The fourth-order valence-corrected chi connectivity index (χ4v) is 3.63. The molecule has 0 aliphatic heterocycles. The Kier molecular flexibility index (Phi) is 4.47. The van der Waals surface area contributed by atoms with Crippen LogP contribution in [0.25, 0.3) is 0 Å². The summed E-state index contributed by atoms with van der Waals surface area (Å²) in [4.78, 5) is 0. The molecule has 2 saturated carbocycles. The van der Waals surface area contributed by atoms with Crippen molar-refractivity contribution in [1.82, 2.24) is 5.32 Å². The molecule has 2 rings (SSSR count). The lowest BCUT2D eigenvalue weighted by atomic mass is 9.68. The Morgan fingerprint density at radius 3 is 2.53 bits per heavy atom. The molecule has 1 N–H and O–H groups in total. The van der Waals surface area contributed by atoms with Crippen LogP contribution in [0.1, 0.15) is 44.9 Å². The SMILES string of the molecule is C=C/C=C(\C=C)NC1CCCC2CCCCC21. The fourth-order valence-electron chi connectivity index (χ4n) is 3.63. The van der Waals surface area contributed by atoms with E-state index in [1.54, 1.807) is 0 Å². The highest BCUT2D eigenvalue weighted by Gasteiger charge is 2.34. The van der Waals surface area contributed by atoms with Crippen LogP contribution in [0, 0.1) is 11.8 Å². The number of nitrogens with one attached hydrogen (secondary N) is 1.